The zero-order valence-corrected chi connectivity index (χ0v) is 13.0. The number of aromatic nitrogens is 6. The summed E-state index contributed by atoms with van der Waals surface area (Å²) in [4.78, 5) is 0. The molecule has 0 aliphatic heterocycles. The van der Waals surface area contributed by atoms with E-state index in [0.29, 0.717) is 12.4 Å². The zero-order valence-electron chi connectivity index (χ0n) is 13.0. The predicted molar refractivity (Wildman–Crippen MR) is 83.8 cm³/mol. The Hall–Kier alpha value is -2.70. The van der Waals surface area contributed by atoms with Crippen LogP contribution in [0.4, 0.5) is 5.82 Å². The fourth-order valence-electron chi connectivity index (χ4n) is 2.30. The van der Waals surface area contributed by atoms with Crippen LogP contribution in [0.5, 0.6) is 0 Å². The zero-order chi connectivity index (χ0) is 15.5. The molecule has 0 aromatic carbocycles. The van der Waals surface area contributed by atoms with Gasteiger partial charge in [0, 0.05) is 31.5 Å². The molecule has 22 heavy (non-hydrogen) atoms. The molecule has 0 spiro atoms. The average molecular weight is 297 g/mol. The summed E-state index contributed by atoms with van der Waals surface area (Å²) >= 11 is 0. The third-order valence-electron chi connectivity index (χ3n) is 3.39. The van der Waals surface area contributed by atoms with E-state index in [-0.39, 0.29) is 0 Å². The smallest absolute Gasteiger partial charge is 0.175 e. The van der Waals surface area contributed by atoms with Gasteiger partial charge >= 0.3 is 0 Å². The lowest BCUT2D eigenvalue weighted by Crippen LogP contribution is -2.06. The van der Waals surface area contributed by atoms with E-state index in [2.05, 4.69) is 32.6 Å². The first-order valence-electron chi connectivity index (χ1n) is 7.27. The molecule has 0 saturated carbocycles. The van der Waals surface area contributed by atoms with Gasteiger partial charge in [-0.3, -0.25) is 4.68 Å². The normalized spacial score (nSPS) is 10.9. The van der Waals surface area contributed by atoms with Crippen LogP contribution < -0.4 is 5.32 Å². The summed E-state index contributed by atoms with van der Waals surface area (Å²) < 4.78 is 3.55. The molecule has 7 nitrogen and oxygen atoms in total. The Morgan fingerprint density at radius 1 is 1.14 bits per heavy atom. The first-order valence-corrected chi connectivity index (χ1v) is 7.27. The third kappa shape index (κ3) is 2.98. The van der Waals surface area contributed by atoms with E-state index in [9.17, 15) is 0 Å². The number of rotatable bonds is 5. The third-order valence-corrected chi connectivity index (χ3v) is 3.39. The van der Waals surface area contributed by atoms with Gasteiger partial charge in [0.25, 0.3) is 0 Å². The van der Waals surface area contributed by atoms with Crippen LogP contribution in [0.15, 0.2) is 30.6 Å². The number of hydrogen-bond acceptors (Lipinski definition) is 5. The molecule has 3 rings (SSSR count). The average Bonchev–Trinajstić information content (AvgIpc) is 3.11. The molecule has 0 aliphatic carbocycles. The Bertz CT molecular complexity index is 755. The number of aryl methyl sites for hydroxylation is 3. The summed E-state index contributed by atoms with van der Waals surface area (Å²) in [5, 5.41) is 20.4. The highest BCUT2D eigenvalue weighted by Gasteiger charge is 2.06. The molecule has 3 heterocycles. The topological polar surface area (TPSA) is 73.5 Å². The summed E-state index contributed by atoms with van der Waals surface area (Å²) in [5.74, 6) is 1.44. The van der Waals surface area contributed by atoms with E-state index < -0.39 is 0 Å². The molecule has 3 aromatic rings. The van der Waals surface area contributed by atoms with Crippen molar-refractivity contribution >= 4 is 5.82 Å². The summed E-state index contributed by atoms with van der Waals surface area (Å²) in [7, 11) is 1.93. The molecule has 0 aliphatic rings. The maximum Gasteiger partial charge on any atom is 0.175 e. The number of nitrogens with one attached hydrogen (secondary N) is 1. The van der Waals surface area contributed by atoms with Crippen molar-refractivity contribution in [3.63, 3.8) is 0 Å². The van der Waals surface area contributed by atoms with Crippen molar-refractivity contribution < 1.29 is 0 Å². The standard InChI is InChI=1S/C15H19N7/c1-4-13-12(10-21(3)20-13)9-16-14-5-6-15(18-17-14)22-8-7-11(2)19-22/h5-8,10H,4,9H2,1-3H3,(H,16,17). The highest BCUT2D eigenvalue weighted by molar-refractivity contribution is 5.37. The molecule has 0 amide bonds. The van der Waals surface area contributed by atoms with Crippen LogP contribution in [0.3, 0.4) is 0 Å². The molecule has 1 N–H and O–H groups in total. The second-order valence-electron chi connectivity index (χ2n) is 5.16. The fraction of sp³-hybridized carbons (Fsp3) is 0.333. The highest BCUT2D eigenvalue weighted by Crippen LogP contribution is 2.11. The molecule has 0 radical (unpaired) electrons. The van der Waals surface area contributed by atoms with Gasteiger partial charge in [0.2, 0.25) is 0 Å². The van der Waals surface area contributed by atoms with Crippen molar-refractivity contribution in [2.75, 3.05) is 5.32 Å². The van der Waals surface area contributed by atoms with Crippen LogP contribution in [-0.4, -0.2) is 29.8 Å². The summed E-state index contributed by atoms with van der Waals surface area (Å²) in [6.07, 6.45) is 4.82. The Balaban J connectivity index is 1.68. The Morgan fingerprint density at radius 2 is 2.00 bits per heavy atom. The van der Waals surface area contributed by atoms with Crippen LogP contribution in [-0.2, 0) is 20.0 Å². The van der Waals surface area contributed by atoms with Crippen molar-refractivity contribution in [3.8, 4) is 5.82 Å². The Labute approximate surface area is 129 Å². The van der Waals surface area contributed by atoms with Gasteiger partial charge in [0.1, 0.15) is 5.82 Å². The number of hydrogen-bond donors (Lipinski definition) is 1. The lowest BCUT2D eigenvalue weighted by Gasteiger charge is -2.05. The van der Waals surface area contributed by atoms with Gasteiger partial charge in [0.15, 0.2) is 5.82 Å². The van der Waals surface area contributed by atoms with E-state index >= 15 is 0 Å². The maximum absolute atomic E-state index is 4.43. The van der Waals surface area contributed by atoms with Gasteiger partial charge in [-0.2, -0.15) is 10.2 Å². The van der Waals surface area contributed by atoms with E-state index in [4.69, 9.17) is 0 Å². The molecule has 0 fully saturated rings. The predicted octanol–water partition coefficient (Wildman–Crippen LogP) is 1.88. The molecule has 7 heteroatoms. The summed E-state index contributed by atoms with van der Waals surface area (Å²) in [6.45, 7) is 4.73. The second-order valence-corrected chi connectivity index (χ2v) is 5.16. The van der Waals surface area contributed by atoms with Gasteiger partial charge in [0.05, 0.1) is 11.4 Å². The molecule has 0 atom stereocenters. The monoisotopic (exact) mass is 297 g/mol. The van der Waals surface area contributed by atoms with Crippen LogP contribution >= 0.6 is 0 Å². The van der Waals surface area contributed by atoms with Gasteiger partial charge < -0.3 is 5.32 Å². The van der Waals surface area contributed by atoms with E-state index in [1.54, 1.807) is 4.68 Å². The minimum absolute atomic E-state index is 0.686. The van der Waals surface area contributed by atoms with E-state index in [0.717, 1.165) is 23.6 Å². The lowest BCUT2D eigenvalue weighted by molar-refractivity contribution is 0.746. The summed E-state index contributed by atoms with van der Waals surface area (Å²) in [6, 6.07) is 5.73. The van der Waals surface area contributed by atoms with Crippen LogP contribution in [0.25, 0.3) is 5.82 Å². The van der Waals surface area contributed by atoms with Gasteiger partial charge in [-0.15, -0.1) is 10.2 Å². The van der Waals surface area contributed by atoms with E-state index in [1.165, 1.54) is 5.56 Å². The largest absolute Gasteiger partial charge is 0.364 e. The molecule has 114 valence electrons. The molecular weight excluding hydrogens is 278 g/mol. The van der Waals surface area contributed by atoms with Gasteiger partial charge in [-0.25, -0.2) is 4.68 Å². The molecular formula is C15H19N7. The Morgan fingerprint density at radius 3 is 2.64 bits per heavy atom. The SMILES string of the molecule is CCc1nn(C)cc1CNc1ccc(-n2ccc(C)n2)nn1. The van der Waals surface area contributed by atoms with Crippen molar-refractivity contribution in [1.82, 2.24) is 29.8 Å². The van der Waals surface area contributed by atoms with Gasteiger partial charge in [-0.1, -0.05) is 6.92 Å². The van der Waals surface area contributed by atoms with Crippen LogP contribution in [0.1, 0.15) is 23.9 Å². The van der Waals surface area contributed by atoms with Crippen LogP contribution in [0.2, 0.25) is 0 Å². The van der Waals surface area contributed by atoms with Gasteiger partial charge in [-0.05, 0) is 31.5 Å². The van der Waals surface area contributed by atoms with E-state index in [1.807, 2.05) is 49.2 Å². The Kier molecular flexibility index (Phi) is 3.86. The molecule has 0 unspecified atom stereocenters. The number of nitrogens with zero attached hydrogens (tertiary/aromatic N) is 6. The van der Waals surface area contributed by atoms with Crippen molar-refractivity contribution in [1.29, 1.82) is 0 Å². The quantitative estimate of drug-likeness (QED) is 0.778. The van der Waals surface area contributed by atoms with Crippen molar-refractivity contribution in [2.24, 2.45) is 7.05 Å². The lowest BCUT2D eigenvalue weighted by atomic mass is 10.2. The highest BCUT2D eigenvalue weighted by atomic mass is 15.3. The summed E-state index contributed by atoms with van der Waals surface area (Å²) in [5.41, 5.74) is 3.23. The number of anilines is 1. The first kappa shape index (κ1) is 14.2. The minimum Gasteiger partial charge on any atom is -0.364 e. The fourth-order valence-corrected chi connectivity index (χ4v) is 2.30. The second kappa shape index (κ2) is 5.97. The van der Waals surface area contributed by atoms with Crippen molar-refractivity contribution in [2.45, 2.75) is 26.8 Å². The maximum atomic E-state index is 4.43. The van der Waals surface area contributed by atoms with Crippen molar-refractivity contribution in [3.05, 3.63) is 47.5 Å². The molecule has 3 aromatic heterocycles. The molecule has 0 saturated heterocycles. The molecule has 0 bridgehead atoms. The van der Waals surface area contributed by atoms with Crippen LogP contribution in [0, 0.1) is 6.92 Å². The first-order chi connectivity index (χ1) is 10.7. The minimum atomic E-state index is 0.686.